The minimum absolute atomic E-state index is 0.0183. The highest BCUT2D eigenvalue weighted by molar-refractivity contribution is 5.79. The van der Waals surface area contributed by atoms with Gasteiger partial charge in [-0.05, 0) is 40.5 Å². The molecule has 33 heavy (non-hydrogen) atoms. The molecule has 1 aliphatic rings. The fourth-order valence-corrected chi connectivity index (χ4v) is 3.94. The van der Waals surface area contributed by atoms with Crippen LogP contribution in [0.15, 0.2) is 66.7 Å². The maximum Gasteiger partial charge on any atom is 0.417 e. The summed E-state index contributed by atoms with van der Waals surface area (Å²) in [6.45, 7) is 0.339. The number of rotatable bonds is 4. The monoisotopic (exact) mass is 450 g/mol. The van der Waals surface area contributed by atoms with E-state index in [0.29, 0.717) is 0 Å². The van der Waals surface area contributed by atoms with Crippen LogP contribution in [0.1, 0.15) is 34.6 Å². The highest BCUT2D eigenvalue weighted by Gasteiger charge is 2.33. The molecule has 0 spiro atoms. The van der Waals surface area contributed by atoms with Gasteiger partial charge in [-0.2, -0.15) is 13.2 Å². The Hall–Kier alpha value is -3.92. The predicted molar refractivity (Wildman–Crippen MR) is 120 cm³/mol. The molecule has 0 fully saturated rings. The quantitative estimate of drug-likeness (QED) is 0.310. The molecule has 0 unspecified atom stereocenters. The summed E-state index contributed by atoms with van der Waals surface area (Å²) >= 11 is 0. The Labute approximate surface area is 189 Å². The summed E-state index contributed by atoms with van der Waals surface area (Å²) in [5.74, 6) is 5.11. The standard InChI is InChI=1S/C26H21F3N2O2/c27-26(28,29)24-15-18(30)13-12-17(24)7-5-6-14-31-25(32)33-16-23-21-10-3-1-8-19(21)20-9-2-4-11-22(20)23/h1-4,8-13,15,23H,6,14,16,30H2,(H,31,32). The molecular formula is C26H21F3N2O2. The zero-order valence-corrected chi connectivity index (χ0v) is 17.6. The molecule has 168 valence electrons. The number of nitrogen functional groups attached to an aromatic ring is 1. The summed E-state index contributed by atoms with van der Waals surface area (Å²) in [5.41, 5.74) is 8.94. The third-order valence-corrected chi connectivity index (χ3v) is 5.44. The molecule has 4 nitrogen and oxygen atoms in total. The van der Waals surface area contributed by atoms with Crippen molar-refractivity contribution in [3.05, 3.63) is 89.0 Å². The lowest BCUT2D eigenvalue weighted by atomic mass is 9.98. The van der Waals surface area contributed by atoms with Crippen molar-refractivity contribution in [2.24, 2.45) is 0 Å². The van der Waals surface area contributed by atoms with Gasteiger partial charge in [0.15, 0.2) is 0 Å². The molecule has 0 saturated carbocycles. The molecule has 1 aliphatic carbocycles. The topological polar surface area (TPSA) is 64.3 Å². The summed E-state index contributed by atoms with van der Waals surface area (Å²) in [7, 11) is 0. The number of ether oxygens (including phenoxy) is 1. The van der Waals surface area contributed by atoms with Gasteiger partial charge >= 0.3 is 12.3 Å². The van der Waals surface area contributed by atoms with Gasteiger partial charge in [-0.15, -0.1) is 0 Å². The third-order valence-electron chi connectivity index (χ3n) is 5.44. The van der Waals surface area contributed by atoms with Gasteiger partial charge in [0.25, 0.3) is 0 Å². The van der Waals surface area contributed by atoms with Gasteiger partial charge in [-0.1, -0.05) is 60.4 Å². The average Bonchev–Trinajstić information content (AvgIpc) is 3.11. The van der Waals surface area contributed by atoms with Crippen LogP contribution in [0, 0.1) is 11.8 Å². The molecule has 3 N–H and O–H groups in total. The predicted octanol–water partition coefficient (Wildman–Crippen LogP) is 5.57. The van der Waals surface area contributed by atoms with Gasteiger partial charge in [-0.3, -0.25) is 0 Å². The first-order valence-electron chi connectivity index (χ1n) is 10.4. The van der Waals surface area contributed by atoms with Crippen molar-refractivity contribution in [1.29, 1.82) is 0 Å². The number of carbonyl (C=O) groups excluding carboxylic acids is 1. The van der Waals surface area contributed by atoms with Crippen LogP contribution in [0.4, 0.5) is 23.7 Å². The van der Waals surface area contributed by atoms with E-state index in [1.807, 2.05) is 36.4 Å². The summed E-state index contributed by atoms with van der Waals surface area (Å²) < 4.78 is 44.8. The highest BCUT2D eigenvalue weighted by Crippen LogP contribution is 2.44. The molecule has 4 rings (SSSR count). The van der Waals surface area contributed by atoms with Gasteiger partial charge in [0.05, 0.1) is 5.56 Å². The number of carbonyl (C=O) groups is 1. The first kappa shape index (κ1) is 22.3. The molecular weight excluding hydrogens is 429 g/mol. The number of benzene rings is 3. The second kappa shape index (κ2) is 9.29. The molecule has 3 aromatic rings. The molecule has 0 heterocycles. The number of fused-ring (bicyclic) bond motifs is 3. The fraction of sp³-hybridized carbons (Fsp3) is 0.192. The molecule has 0 aromatic heterocycles. The largest absolute Gasteiger partial charge is 0.449 e. The zero-order chi connectivity index (χ0) is 23.4. The minimum Gasteiger partial charge on any atom is -0.449 e. The van der Waals surface area contributed by atoms with E-state index in [2.05, 4.69) is 29.3 Å². The molecule has 0 bridgehead atoms. The van der Waals surface area contributed by atoms with Gasteiger partial charge in [0, 0.05) is 30.1 Å². The average molecular weight is 450 g/mol. The molecule has 0 saturated heterocycles. The Morgan fingerprint density at radius 1 is 1.00 bits per heavy atom. The lowest BCUT2D eigenvalue weighted by molar-refractivity contribution is -0.137. The van der Waals surface area contributed by atoms with E-state index >= 15 is 0 Å². The van der Waals surface area contributed by atoms with E-state index < -0.39 is 17.8 Å². The first-order chi connectivity index (χ1) is 15.8. The molecule has 7 heteroatoms. The molecule has 0 radical (unpaired) electrons. The van der Waals surface area contributed by atoms with Crippen molar-refractivity contribution >= 4 is 11.8 Å². The molecule has 0 aliphatic heterocycles. The van der Waals surface area contributed by atoms with Crippen molar-refractivity contribution in [2.75, 3.05) is 18.9 Å². The van der Waals surface area contributed by atoms with E-state index in [1.165, 1.54) is 12.1 Å². The zero-order valence-electron chi connectivity index (χ0n) is 17.6. The number of anilines is 1. The van der Waals surface area contributed by atoms with Crippen molar-refractivity contribution in [1.82, 2.24) is 5.32 Å². The lowest BCUT2D eigenvalue weighted by Gasteiger charge is -2.14. The van der Waals surface area contributed by atoms with Crippen LogP contribution in [-0.4, -0.2) is 19.2 Å². The van der Waals surface area contributed by atoms with Crippen molar-refractivity contribution < 1.29 is 22.7 Å². The summed E-state index contributed by atoms with van der Waals surface area (Å²) in [6.07, 6.45) is -4.97. The summed E-state index contributed by atoms with van der Waals surface area (Å²) in [6, 6.07) is 19.5. The Kier molecular flexibility index (Phi) is 6.27. The summed E-state index contributed by atoms with van der Waals surface area (Å²) in [4.78, 5) is 12.1. The van der Waals surface area contributed by atoms with Crippen LogP contribution in [-0.2, 0) is 10.9 Å². The normalized spacial score (nSPS) is 12.3. The Balaban J connectivity index is 1.31. The van der Waals surface area contributed by atoms with E-state index in [-0.39, 0.29) is 36.7 Å². The second-order valence-electron chi connectivity index (χ2n) is 7.61. The van der Waals surface area contributed by atoms with Gasteiger partial charge in [0.1, 0.15) is 6.61 Å². The number of alkyl carbamates (subject to hydrolysis) is 1. The second-order valence-corrected chi connectivity index (χ2v) is 7.61. The van der Waals surface area contributed by atoms with Crippen molar-refractivity contribution in [2.45, 2.75) is 18.5 Å². The number of hydrogen-bond acceptors (Lipinski definition) is 3. The van der Waals surface area contributed by atoms with Crippen LogP contribution in [0.5, 0.6) is 0 Å². The molecule has 1 amide bonds. The van der Waals surface area contributed by atoms with Gasteiger partial charge in [-0.25, -0.2) is 4.79 Å². The fourth-order valence-electron chi connectivity index (χ4n) is 3.94. The Morgan fingerprint density at radius 3 is 2.27 bits per heavy atom. The minimum atomic E-state index is -4.54. The van der Waals surface area contributed by atoms with Crippen LogP contribution < -0.4 is 11.1 Å². The van der Waals surface area contributed by atoms with Crippen LogP contribution in [0.3, 0.4) is 0 Å². The SMILES string of the molecule is Nc1ccc(C#CCCNC(=O)OCC2c3ccccc3-c3ccccc32)c(C(F)(F)F)c1. The molecule has 0 atom stereocenters. The number of amides is 1. The van der Waals surface area contributed by atoms with Crippen LogP contribution in [0.25, 0.3) is 11.1 Å². The van der Waals surface area contributed by atoms with Crippen molar-refractivity contribution in [3.8, 4) is 23.0 Å². The number of alkyl halides is 3. The van der Waals surface area contributed by atoms with Crippen LogP contribution >= 0.6 is 0 Å². The van der Waals surface area contributed by atoms with Gasteiger partial charge in [0.2, 0.25) is 0 Å². The Bertz CT molecular complexity index is 1200. The maximum atomic E-state index is 13.1. The van der Waals surface area contributed by atoms with Crippen LogP contribution in [0.2, 0.25) is 0 Å². The van der Waals surface area contributed by atoms with E-state index in [4.69, 9.17) is 10.5 Å². The number of hydrogen-bond donors (Lipinski definition) is 2. The van der Waals surface area contributed by atoms with E-state index in [0.717, 1.165) is 28.3 Å². The lowest BCUT2D eigenvalue weighted by Crippen LogP contribution is -2.26. The number of nitrogens with two attached hydrogens (primary N) is 1. The maximum absolute atomic E-state index is 13.1. The number of halogens is 3. The third kappa shape index (κ3) is 4.96. The first-order valence-corrected chi connectivity index (χ1v) is 10.4. The summed E-state index contributed by atoms with van der Waals surface area (Å²) in [5, 5.41) is 2.59. The van der Waals surface area contributed by atoms with E-state index in [1.54, 1.807) is 0 Å². The highest BCUT2D eigenvalue weighted by atomic mass is 19.4. The molecule has 3 aromatic carbocycles. The Morgan fingerprint density at radius 2 is 1.64 bits per heavy atom. The van der Waals surface area contributed by atoms with Gasteiger partial charge < -0.3 is 15.8 Å². The van der Waals surface area contributed by atoms with Crippen molar-refractivity contribution in [3.63, 3.8) is 0 Å². The van der Waals surface area contributed by atoms with E-state index in [9.17, 15) is 18.0 Å². The smallest absolute Gasteiger partial charge is 0.417 e. The number of nitrogens with one attached hydrogen (secondary N) is 1.